The zero-order valence-electron chi connectivity index (χ0n) is 25.2. The van der Waals surface area contributed by atoms with Crippen molar-refractivity contribution in [1.29, 1.82) is 0 Å². The number of nitrogens with two attached hydrogens (primary N) is 1. The molecule has 0 radical (unpaired) electrons. The van der Waals surface area contributed by atoms with E-state index in [0.717, 1.165) is 53.1 Å². The number of aryl methyl sites for hydroxylation is 2. The van der Waals surface area contributed by atoms with E-state index in [1.165, 1.54) is 0 Å². The lowest BCUT2D eigenvalue weighted by Crippen LogP contribution is -2.56. The molecule has 4 rings (SSSR count). The number of β-amino-alcohol motifs (C(OH)–C–C–N with tert-alkyl or cyclic N) is 1. The van der Waals surface area contributed by atoms with Crippen molar-refractivity contribution in [3.63, 3.8) is 0 Å². The highest BCUT2D eigenvalue weighted by atomic mass is 32.1. The molecule has 3 aromatic rings. The maximum atomic E-state index is 13.8. The van der Waals surface area contributed by atoms with Gasteiger partial charge in [0.15, 0.2) is 0 Å². The summed E-state index contributed by atoms with van der Waals surface area (Å²) in [6, 6.07) is 8.88. The van der Waals surface area contributed by atoms with Gasteiger partial charge in [0.05, 0.1) is 40.6 Å². The van der Waals surface area contributed by atoms with Gasteiger partial charge in [-0.25, -0.2) is 4.98 Å². The number of carbonyl (C=O) groups is 2. The highest BCUT2D eigenvalue weighted by Crippen LogP contribution is 2.28. The Morgan fingerprint density at radius 3 is 2.57 bits per heavy atom. The number of aliphatic hydroxyl groups excluding tert-OH is 1. The van der Waals surface area contributed by atoms with Crippen LogP contribution in [-0.4, -0.2) is 67.9 Å². The first-order valence-corrected chi connectivity index (χ1v) is 15.7. The van der Waals surface area contributed by atoms with Crippen LogP contribution in [0, 0.1) is 12.3 Å². The van der Waals surface area contributed by atoms with Crippen LogP contribution < -0.4 is 16.4 Å². The molecule has 0 saturated carbocycles. The van der Waals surface area contributed by atoms with Gasteiger partial charge in [0.2, 0.25) is 11.8 Å². The van der Waals surface area contributed by atoms with Gasteiger partial charge in [-0.15, -0.1) is 11.3 Å². The Kier molecular flexibility index (Phi) is 10.9. The van der Waals surface area contributed by atoms with Crippen molar-refractivity contribution in [3.8, 4) is 10.4 Å². The third-order valence-electron chi connectivity index (χ3n) is 7.75. The van der Waals surface area contributed by atoms with Gasteiger partial charge in [0, 0.05) is 25.7 Å². The summed E-state index contributed by atoms with van der Waals surface area (Å²) in [5.74, 6) is -0.386. The van der Waals surface area contributed by atoms with E-state index in [2.05, 4.69) is 20.7 Å². The van der Waals surface area contributed by atoms with E-state index in [9.17, 15) is 14.7 Å². The summed E-state index contributed by atoms with van der Waals surface area (Å²) in [7, 11) is 0. The van der Waals surface area contributed by atoms with Crippen LogP contribution >= 0.6 is 11.3 Å². The van der Waals surface area contributed by atoms with Crippen LogP contribution in [0.3, 0.4) is 0 Å². The highest BCUT2D eigenvalue weighted by molar-refractivity contribution is 7.13. The van der Waals surface area contributed by atoms with E-state index in [0.29, 0.717) is 19.8 Å². The van der Waals surface area contributed by atoms with Crippen molar-refractivity contribution in [2.75, 3.05) is 13.1 Å². The SMILES string of the molecule is Cc1ncsc1-c1ccc(CNC(=O)[C@@H]2C[C@@H](O)CN2C(=O)[C@@H](NCCCCCc2ccn(CN)n2)C(C)(C)C)cc1. The van der Waals surface area contributed by atoms with Gasteiger partial charge in [-0.05, 0) is 55.3 Å². The highest BCUT2D eigenvalue weighted by Gasteiger charge is 2.43. The second kappa shape index (κ2) is 14.4. The molecule has 10 nitrogen and oxygen atoms in total. The van der Waals surface area contributed by atoms with Crippen molar-refractivity contribution in [2.45, 2.75) is 91.2 Å². The van der Waals surface area contributed by atoms with Crippen molar-refractivity contribution >= 4 is 23.2 Å². The number of likely N-dealkylation sites (tertiary alicyclic amines) is 1. The number of aliphatic hydroxyl groups is 1. The fourth-order valence-electron chi connectivity index (χ4n) is 5.39. The number of thiazole rings is 1. The summed E-state index contributed by atoms with van der Waals surface area (Å²) >= 11 is 1.61. The van der Waals surface area contributed by atoms with Gasteiger partial charge in [-0.3, -0.25) is 14.3 Å². The molecule has 5 N–H and O–H groups in total. The van der Waals surface area contributed by atoms with Crippen molar-refractivity contribution in [3.05, 3.63) is 59.0 Å². The first-order valence-electron chi connectivity index (χ1n) is 14.8. The lowest BCUT2D eigenvalue weighted by molar-refractivity contribution is -0.142. The lowest BCUT2D eigenvalue weighted by Gasteiger charge is -2.35. The molecule has 1 aliphatic heterocycles. The van der Waals surface area contributed by atoms with Gasteiger partial charge in [0.25, 0.3) is 0 Å². The Bertz CT molecular complexity index is 1310. The molecule has 2 aromatic heterocycles. The van der Waals surface area contributed by atoms with Gasteiger partial charge < -0.3 is 26.4 Å². The molecule has 1 aliphatic rings. The molecule has 1 saturated heterocycles. The summed E-state index contributed by atoms with van der Waals surface area (Å²) in [5, 5.41) is 21.3. The van der Waals surface area contributed by atoms with Crippen LogP contribution in [0.15, 0.2) is 42.0 Å². The van der Waals surface area contributed by atoms with Crippen LogP contribution in [-0.2, 0) is 29.2 Å². The van der Waals surface area contributed by atoms with Gasteiger partial charge >= 0.3 is 0 Å². The first-order chi connectivity index (χ1) is 20.1. The van der Waals surface area contributed by atoms with Crippen LogP contribution in [0.2, 0.25) is 0 Å². The summed E-state index contributed by atoms with van der Waals surface area (Å²) in [6.45, 7) is 9.64. The Hall–Kier alpha value is -3.12. The monoisotopic (exact) mass is 595 g/mol. The standard InChI is InChI=1S/C31H45N7O3S/c1-21-27(42-20-35-21)23-11-9-22(10-12-23)17-34-29(40)26-16-25(39)18-38(26)30(41)28(31(2,3)4)33-14-7-5-6-8-24-13-15-37(19-32)36-24/h9-13,15,20,25-26,28,33,39H,5-8,14,16-19,32H2,1-4H3,(H,34,40)/t25-,26+,28-/m1/s1. The smallest absolute Gasteiger partial charge is 0.243 e. The molecule has 228 valence electrons. The number of aromatic nitrogens is 3. The topological polar surface area (TPSA) is 138 Å². The molecule has 42 heavy (non-hydrogen) atoms. The second-order valence-corrected chi connectivity index (χ2v) is 13.0. The molecule has 3 heterocycles. The summed E-state index contributed by atoms with van der Waals surface area (Å²) in [6.07, 6.45) is 5.23. The van der Waals surface area contributed by atoms with E-state index in [1.54, 1.807) is 20.9 Å². The normalized spacial score (nSPS) is 17.9. The molecule has 0 aliphatic carbocycles. The van der Waals surface area contributed by atoms with E-state index in [-0.39, 0.29) is 30.2 Å². The molecule has 2 amide bonds. The largest absolute Gasteiger partial charge is 0.391 e. The number of rotatable bonds is 13. The maximum absolute atomic E-state index is 13.8. The van der Waals surface area contributed by atoms with Crippen LogP contribution in [0.1, 0.15) is 63.4 Å². The number of hydrogen-bond donors (Lipinski definition) is 4. The summed E-state index contributed by atoms with van der Waals surface area (Å²) < 4.78 is 1.72. The average molecular weight is 596 g/mol. The number of hydrogen-bond acceptors (Lipinski definition) is 8. The molecule has 0 unspecified atom stereocenters. The van der Waals surface area contributed by atoms with E-state index in [1.807, 2.05) is 69.7 Å². The number of nitrogens with one attached hydrogen (secondary N) is 2. The predicted molar refractivity (Wildman–Crippen MR) is 165 cm³/mol. The minimum atomic E-state index is -0.727. The zero-order chi connectivity index (χ0) is 30.3. The van der Waals surface area contributed by atoms with Crippen LogP contribution in [0.25, 0.3) is 10.4 Å². The Morgan fingerprint density at radius 2 is 1.93 bits per heavy atom. The fourth-order valence-corrected chi connectivity index (χ4v) is 6.20. The van der Waals surface area contributed by atoms with Crippen LogP contribution in [0.5, 0.6) is 0 Å². The zero-order valence-corrected chi connectivity index (χ0v) is 26.0. The molecule has 0 spiro atoms. The molecule has 1 aromatic carbocycles. The predicted octanol–water partition coefficient (Wildman–Crippen LogP) is 3.23. The molecule has 1 fully saturated rings. The number of carbonyl (C=O) groups excluding carboxylic acids is 2. The number of nitrogens with zero attached hydrogens (tertiary/aromatic N) is 4. The summed E-state index contributed by atoms with van der Waals surface area (Å²) in [5.41, 5.74) is 11.2. The minimum Gasteiger partial charge on any atom is -0.391 e. The van der Waals surface area contributed by atoms with Gasteiger partial charge in [-0.2, -0.15) is 5.10 Å². The molecular formula is C31H45N7O3S. The van der Waals surface area contributed by atoms with Crippen molar-refractivity contribution < 1.29 is 14.7 Å². The first kappa shape index (κ1) is 31.8. The minimum absolute atomic E-state index is 0.143. The Labute approximate surface area is 252 Å². The number of amides is 2. The molecule has 0 bridgehead atoms. The van der Waals surface area contributed by atoms with Crippen molar-refractivity contribution in [1.82, 2.24) is 30.3 Å². The second-order valence-electron chi connectivity index (χ2n) is 12.2. The van der Waals surface area contributed by atoms with Crippen LogP contribution in [0.4, 0.5) is 0 Å². The molecule has 11 heteroatoms. The summed E-state index contributed by atoms with van der Waals surface area (Å²) in [4.78, 5) is 34.1. The molecular weight excluding hydrogens is 550 g/mol. The fraction of sp³-hybridized carbons (Fsp3) is 0.548. The third-order valence-corrected chi connectivity index (χ3v) is 8.72. The third kappa shape index (κ3) is 8.25. The number of benzene rings is 1. The molecule has 3 atom stereocenters. The lowest BCUT2D eigenvalue weighted by atomic mass is 9.85. The maximum Gasteiger partial charge on any atom is 0.243 e. The Balaban J connectivity index is 1.29. The Morgan fingerprint density at radius 1 is 1.17 bits per heavy atom. The van der Waals surface area contributed by atoms with Gasteiger partial charge in [-0.1, -0.05) is 51.5 Å². The number of unbranched alkanes of at least 4 members (excludes halogenated alkanes) is 2. The quantitative estimate of drug-likeness (QED) is 0.223. The van der Waals surface area contributed by atoms with E-state index in [4.69, 9.17) is 5.73 Å². The van der Waals surface area contributed by atoms with Crippen molar-refractivity contribution in [2.24, 2.45) is 11.1 Å². The average Bonchev–Trinajstić information content (AvgIpc) is 3.70. The van der Waals surface area contributed by atoms with E-state index >= 15 is 0 Å². The van der Waals surface area contributed by atoms with E-state index < -0.39 is 18.2 Å². The van der Waals surface area contributed by atoms with Gasteiger partial charge in [0.1, 0.15) is 6.04 Å².